The normalized spacial score (nSPS) is 33.5. The first kappa shape index (κ1) is 17.7. The lowest BCUT2D eigenvalue weighted by atomic mass is 9.75. The van der Waals surface area contributed by atoms with E-state index in [-0.39, 0.29) is 5.92 Å². The maximum absolute atomic E-state index is 12.3. The molecule has 0 aliphatic heterocycles. The summed E-state index contributed by atoms with van der Waals surface area (Å²) in [5.41, 5.74) is 1.57. The molecule has 22 heavy (non-hydrogen) atoms. The fourth-order valence-corrected chi connectivity index (χ4v) is 4.48. The lowest BCUT2D eigenvalue weighted by molar-refractivity contribution is 0.283. The fraction of sp³-hybridized carbons (Fsp3) is 0.800. The van der Waals surface area contributed by atoms with Crippen molar-refractivity contribution >= 4 is 0 Å². The predicted molar refractivity (Wildman–Crippen MR) is 89.9 cm³/mol. The third kappa shape index (κ3) is 5.52. The number of hydrogen-bond acceptors (Lipinski definition) is 0. The van der Waals surface area contributed by atoms with Crippen molar-refractivity contribution in [2.75, 3.05) is 0 Å². The zero-order valence-corrected chi connectivity index (χ0v) is 14.3. The Kier molecular flexibility index (Phi) is 7.11. The first-order valence-electron chi connectivity index (χ1n) is 9.29. The summed E-state index contributed by atoms with van der Waals surface area (Å²) >= 11 is 0. The molecular formula is C20H32F2. The summed E-state index contributed by atoms with van der Waals surface area (Å²) < 4.78 is 24.6. The van der Waals surface area contributed by atoms with Gasteiger partial charge in [-0.15, -0.1) is 0 Å². The highest BCUT2D eigenvalue weighted by Crippen LogP contribution is 2.37. The standard InChI is InChI=1S/C20H32F2/c1-3-4-16-9-11-19(12-10-16)15(2)13-17-5-7-18(8-6-17)14-20(21)22/h13-14,16-19H,3-12H2,1-2H3/b15-13+. The van der Waals surface area contributed by atoms with Crippen molar-refractivity contribution in [1.29, 1.82) is 0 Å². The van der Waals surface area contributed by atoms with Gasteiger partial charge in [0.05, 0.1) is 0 Å². The van der Waals surface area contributed by atoms with Crippen LogP contribution < -0.4 is 0 Å². The molecule has 2 rings (SSSR count). The average molecular weight is 310 g/mol. The average Bonchev–Trinajstić information content (AvgIpc) is 2.50. The Balaban J connectivity index is 1.77. The molecule has 0 unspecified atom stereocenters. The van der Waals surface area contributed by atoms with Crippen LogP contribution in [0.2, 0.25) is 0 Å². The third-order valence-electron chi connectivity index (χ3n) is 5.86. The molecule has 0 saturated heterocycles. The largest absolute Gasteiger partial charge is 0.266 e. The van der Waals surface area contributed by atoms with Crippen LogP contribution >= 0.6 is 0 Å². The van der Waals surface area contributed by atoms with E-state index in [2.05, 4.69) is 19.9 Å². The second-order valence-corrected chi connectivity index (χ2v) is 7.55. The van der Waals surface area contributed by atoms with Crippen LogP contribution in [-0.4, -0.2) is 0 Å². The topological polar surface area (TPSA) is 0 Å². The number of halogens is 2. The van der Waals surface area contributed by atoms with Gasteiger partial charge in [0.2, 0.25) is 0 Å². The van der Waals surface area contributed by atoms with Gasteiger partial charge < -0.3 is 0 Å². The fourth-order valence-electron chi connectivity index (χ4n) is 4.48. The van der Waals surface area contributed by atoms with Gasteiger partial charge in [-0.3, -0.25) is 0 Å². The molecule has 2 heteroatoms. The first-order valence-corrected chi connectivity index (χ1v) is 9.29. The Morgan fingerprint density at radius 1 is 0.864 bits per heavy atom. The summed E-state index contributed by atoms with van der Waals surface area (Å²) in [6.45, 7) is 4.59. The molecule has 0 atom stereocenters. The van der Waals surface area contributed by atoms with Crippen molar-refractivity contribution in [1.82, 2.24) is 0 Å². The Morgan fingerprint density at radius 2 is 1.41 bits per heavy atom. The molecule has 2 aliphatic rings. The molecule has 0 aromatic carbocycles. The summed E-state index contributed by atoms with van der Waals surface area (Å²) in [6, 6.07) is 0. The number of rotatable bonds is 5. The smallest absolute Gasteiger partial charge is 0.174 e. The highest BCUT2D eigenvalue weighted by atomic mass is 19.3. The van der Waals surface area contributed by atoms with E-state index in [1.165, 1.54) is 44.6 Å². The van der Waals surface area contributed by atoms with Gasteiger partial charge in [0.25, 0.3) is 6.08 Å². The number of hydrogen-bond donors (Lipinski definition) is 0. The summed E-state index contributed by atoms with van der Waals surface area (Å²) in [5, 5.41) is 0. The molecule has 0 N–H and O–H groups in total. The van der Waals surface area contributed by atoms with Crippen molar-refractivity contribution in [2.24, 2.45) is 23.7 Å². The van der Waals surface area contributed by atoms with E-state index in [1.807, 2.05) is 0 Å². The predicted octanol–water partition coefficient (Wildman–Crippen LogP) is 7.13. The second kappa shape index (κ2) is 8.84. The van der Waals surface area contributed by atoms with Crippen molar-refractivity contribution in [2.45, 2.75) is 78.1 Å². The van der Waals surface area contributed by atoms with Crippen molar-refractivity contribution in [3.63, 3.8) is 0 Å². The Hall–Kier alpha value is -0.660. The Morgan fingerprint density at radius 3 is 1.91 bits per heavy atom. The van der Waals surface area contributed by atoms with Crippen molar-refractivity contribution in [3.8, 4) is 0 Å². The van der Waals surface area contributed by atoms with Gasteiger partial charge >= 0.3 is 0 Å². The van der Waals surface area contributed by atoms with Gasteiger partial charge in [-0.1, -0.05) is 31.4 Å². The zero-order chi connectivity index (χ0) is 15.9. The van der Waals surface area contributed by atoms with Crippen LogP contribution in [0.15, 0.2) is 23.8 Å². The second-order valence-electron chi connectivity index (χ2n) is 7.55. The first-order chi connectivity index (χ1) is 10.6. The lowest BCUT2D eigenvalue weighted by Crippen LogP contribution is -2.17. The summed E-state index contributed by atoms with van der Waals surface area (Å²) in [7, 11) is 0. The summed E-state index contributed by atoms with van der Waals surface area (Å²) in [5.74, 6) is 2.49. The quantitative estimate of drug-likeness (QED) is 0.474. The van der Waals surface area contributed by atoms with E-state index >= 15 is 0 Å². The minimum Gasteiger partial charge on any atom is -0.174 e. The van der Waals surface area contributed by atoms with Crippen LogP contribution in [0.1, 0.15) is 78.1 Å². The highest BCUT2D eigenvalue weighted by molar-refractivity contribution is 5.08. The third-order valence-corrected chi connectivity index (χ3v) is 5.86. The van der Waals surface area contributed by atoms with Crippen LogP contribution in [-0.2, 0) is 0 Å². The molecule has 2 fully saturated rings. The van der Waals surface area contributed by atoms with Gasteiger partial charge in [-0.2, -0.15) is 8.78 Å². The van der Waals surface area contributed by atoms with Crippen LogP contribution in [0.4, 0.5) is 8.78 Å². The maximum Gasteiger partial charge on any atom is 0.266 e. The number of allylic oxidation sites excluding steroid dienone is 3. The van der Waals surface area contributed by atoms with Crippen LogP contribution in [0.25, 0.3) is 0 Å². The molecular weight excluding hydrogens is 278 g/mol. The Labute approximate surface area is 135 Å². The minimum absolute atomic E-state index is 0.111. The van der Waals surface area contributed by atoms with Crippen LogP contribution in [0.5, 0.6) is 0 Å². The summed E-state index contributed by atoms with van der Waals surface area (Å²) in [6.07, 6.45) is 14.4. The molecule has 0 radical (unpaired) electrons. The molecule has 0 aromatic rings. The van der Waals surface area contributed by atoms with Crippen molar-refractivity contribution in [3.05, 3.63) is 23.8 Å². The molecule has 0 amide bonds. The van der Waals surface area contributed by atoms with E-state index in [4.69, 9.17) is 0 Å². The molecule has 0 nitrogen and oxygen atoms in total. The van der Waals surface area contributed by atoms with Gasteiger partial charge in [0.1, 0.15) is 0 Å². The monoisotopic (exact) mass is 310 g/mol. The van der Waals surface area contributed by atoms with E-state index in [1.54, 1.807) is 5.57 Å². The Bertz CT molecular complexity index is 377. The van der Waals surface area contributed by atoms with Gasteiger partial charge in [-0.25, -0.2) is 0 Å². The van der Waals surface area contributed by atoms with Gasteiger partial charge in [-0.05, 0) is 88.0 Å². The van der Waals surface area contributed by atoms with Crippen molar-refractivity contribution < 1.29 is 8.78 Å². The molecule has 0 aromatic heterocycles. The molecule has 126 valence electrons. The van der Waals surface area contributed by atoms with E-state index in [0.717, 1.165) is 37.5 Å². The molecule has 2 saturated carbocycles. The maximum atomic E-state index is 12.3. The van der Waals surface area contributed by atoms with Crippen LogP contribution in [0, 0.1) is 23.7 Å². The van der Waals surface area contributed by atoms with Gasteiger partial charge in [0, 0.05) is 0 Å². The molecule has 0 heterocycles. The lowest BCUT2D eigenvalue weighted by Gasteiger charge is -2.30. The molecule has 0 bridgehead atoms. The zero-order valence-electron chi connectivity index (χ0n) is 14.3. The highest BCUT2D eigenvalue weighted by Gasteiger charge is 2.23. The van der Waals surface area contributed by atoms with Crippen LogP contribution in [0.3, 0.4) is 0 Å². The van der Waals surface area contributed by atoms with E-state index < -0.39 is 6.08 Å². The van der Waals surface area contributed by atoms with E-state index in [0.29, 0.717) is 5.92 Å². The van der Waals surface area contributed by atoms with E-state index in [9.17, 15) is 8.78 Å². The summed E-state index contributed by atoms with van der Waals surface area (Å²) in [4.78, 5) is 0. The minimum atomic E-state index is -1.50. The molecule has 2 aliphatic carbocycles. The van der Waals surface area contributed by atoms with Gasteiger partial charge in [0.15, 0.2) is 0 Å². The SMILES string of the molecule is CCCC1CCC(/C(C)=C/C2CCC(C=C(F)F)CC2)CC1. The molecule has 0 spiro atoms.